The SMILES string of the molecule is COc1ccc(OC)c(CCN=C(N)N2CCC(C)CC2)c1.I. The van der Waals surface area contributed by atoms with Crippen LogP contribution in [0.5, 0.6) is 11.5 Å². The van der Waals surface area contributed by atoms with E-state index in [2.05, 4.69) is 16.8 Å². The summed E-state index contributed by atoms with van der Waals surface area (Å²) in [5, 5.41) is 0. The third-order valence-corrected chi connectivity index (χ3v) is 4.25. The van der Waals surface area contributed by atoms with Crippen molar-refractivity contribution in [1.82, 2.24) is 4.90 Å². The topological polar surface area (TPSA) is 60.1 Å². The van der Waals surface area contributed by atoms with E-state index in [0.29, 0.717) is 12.5 Å². The van der Waals surface area contributed by atoms with Gasteiger partial charge in [0.1, 0.15) is 11.5 Å². The summed E-state index contributed by atoms with van der Waals surface area (Å²) in [5.41, 5.74) is 7.19. The number of likely N-dealkylation sites (tertiary alicyclic amines) is 1. The summed E-state index contributed by atoms with van der Waals surface area (Å²) in [6, 6.07) is 5.81. The molecule has 0 amide bonds. The molecule has 0 saturated carbocycles. The molecule has 23 heavy (non-hydrogen) atoms. The third-order valence-electron chi connectivity index (χ3n) is 4.25. The summed E-state index contributed by atoms with van der Waals surface area (Å²) < 4.78 is 10.6. The molecule has 6 heteroatoms. The molecule has 1 aliphatic heterocycles. The van der Waals surface area contributed by atoms with E-state index >= 15 is 0 Å². The Morgan fingerprint density at radius 3 is 2.57 bits per heavy atom. The van der Waals surface area contributed by atoms with Crippen LogP contribution in [-0.2, 0) is 6.42 Å². The maximum absolute atomic E-state index is 6.10. The van der Waals surface area contributed by atoms with Crippen molar-refractivity contribution >= 4 is 29.9 Å². The standard InChI is InChI=1S/C17H27N3O2.HI/c1-13-7-10-20(11-8-13)17(18)19-9-6-14-12-15(21-2)4-5-16(14)22-3;/h4-5,12-13H,6-11H2,1-3H3,(H2,18,19);1H. The van der Waals surface area contributed by atoms with Crippen LogP contribution >= 0.6 is 24.0 Å². The largest absolute Gasteiger partial charge is 0.497 e. The number of aliphatic imine (C=N–C) groups is 1. The molecule has 1 aliphatic rings. The highest BCUT2D eigenvalue weighted by Gasteiger charge is 2.16. The molecule has 2 N–H and O–H groups in total. The van der Waals surface area contributed by atoms with Gasteiger partial charge < -0.3 is 20.1 Å². The Bertz CT molecular complexity index is 515. The van der Waals surface area contributed by atoms with Crippen molar-refractivity contribution in [2.45, 2.75) is 26.2 Å². The van der Waals surface area contributed by atoms with Crippen LogP contribution in [0.1, 0.15) is 25.3 Å². The molecule has 0 bridgehead atoms. The quantitative estimate of drug-likeness (QED) is 0.441. The monoisotopic (exact) mass is 433 g/mol. The van der Waals surface area contributed by atoms with E-state index in [4.69, 9.17) is 15.2 Å². The predicted octanol–water partition coefficient (Wildman–Crippen LogP) is 2.91. The van der Waals surface area contributed by atoms with Gasteiger partial charge >= 0.3 is 0 Å². The molecule has 0 atom stereocenters. The zero-order valence-electron chi connectivity index (χ0n) is 14.2. The summed E-state index contributed by atoms with van der Waals surface area (Å²) >= 11 is 0. The normalized spacial score (nSPS) is 16.0. The second-order valence-electron chi connectivity index (χ2n) is 5.84. The van der Waals surface area contributed by atoms with E-state index in [-0.39, 0.29) is 24.0 Å². The van der Waals surface area contributed by atoms with Gasteiger partial charge in [-0.15, -0.1) is 24.0 Å². The van der Waals surface area contributed by atoms with Gasteiger partial charge in [-0.05, 0) is 48.9 Å². The summed E-state index contributed by atoms with van der Waals surface area (Å²) in [6.45, 7) is 4.97. The smallest absolute Gasteiger partial charge is 0.191 e. The van der Waals surface area contributed by atoms with Crippen molar-refractivity contribution in [2.24, 2.45) is 16.6 Å². The fourth-order valence-corrected chi connectivity index (χ4v) is 2.71. The van der Waals surface area contributed by atoms with E-state index in [0.717, 1.165) is 42.5 Å². The Kier molecular flexibility index (Phi) is 8.51. The molecule has 0 unspecified atom stereocenters. The Morgan fingerprint density at radius 2 is 1.96 bits per heavy atom. The highest BCUT2D eigenvalue weighted by molar-refractivity contribution is 14.0. The summed E-state index contributed by atoms with van der Waals surface area (Å²) in [7, 11) is 3.34. The molecule has 0 spiro atoms. The maximum atomic E-state index is 6.10. The molecule has 1 heterocycles. The van der Waals surface area contributed by atoms with Crippen molar-refractivity contribution < 1.29 is 9.47 Å². The van der Waals surface area contributed by atoms with Crippen LogP contribution in [0.25, 0.3) is 0 Å². The highest BCUT2D eigenvalue weighted by Crippen LogP contribution is 2.24. The molecule has 1 fully saturated rings. The first-order valence-corrected chi connectivity index (χ1v) is 7.89. The van der Waals surface area contributed by atoms with Gasteiger partial charge in [-0.2, -0.15) is 0 Å². The lowest BCUT2D eigenvalue weighted by Crippen LogP contribution is -2.42. The van der Waals surface area contributed by atoms with Gasteiger partial charge in [-0.25, -0.2) is 0 Å². The molecular weight excluding hydrogens is 405 g/mol. The molecule has 0 aromatic heterocycles. The number of nitrogens with two attached hydrogens (primary N) is 1. The van der Waals surface area contributed by atoms with Crippen molar-refractivity contribution in [3.63, 3.8) is 0 Å². The number of ether oxygens (including phenoxy) is 2. The van der Waals surface area contributed by atoms with Crippen LogP contribution < -0.4 is 15.2 Å². The molecule has 1 saturated heterocycles. The van der Waals surface area contributed by atoms with Gasteiger partial charge in [-0.3, -0.25) is 4.99 Å². The molecule has 0 aliphatic carbocycles. The van der Waals surface area contributed by atoms with Gasteiger partial charge in [0.05, 0.1) is 14.2 Å². The van der Waals surface area contributed by atoms with E-state index in [1.807, 2.05) is 18.2 Å². The van der Waals surface area contributed by atoms with E-state index in [9.17, 15) is 0 Å². The third kappa shape index (κ3) is 5.75. The Labute approximate surface area is 156 Å². The van der Waals surface area contributed by atoms with E-state index in [1.54, 1.807) is 14.2 Å². The van der Waals surface area contributed by atoms with Crippen LogP contribution in [0, 0.1) is 5.92 Å². The first-order chi connectivity index (χ1) is 10.6. The first-order valence-electron chi connectivity index (χ1n) is 7.89. The number of methoxy groups -OCH3 is 2. The van der Waals surface area contributed by atoms with Crippen molar-refractivity contribution in [3.05, 3.63) is 23.8 Å². The molecule has 130 valence electrons. The summed E-state index contributed by atoms with van der Waals surface area (Å²) in [5.74, 6) is 3.15. The maximum Gasteiger partial charge on any atom is 0.191 e. The Balaban J connectivity index is 0.00000264. The zero-order valence-corrected chi connectivity index (χ0v) is 16.6. The molecule has 0 radical (unpaired) electrons. The lowest BCUT2D eigenvalue weighted by molar-refractivity contribution is 0.277. The molecule has 5 nitrogen and oxygen atoms in total. The second-order valence-corrected chi connectivity index (χ2v) is 5.84. The lowest BCUT2D eigenvalue weighted by atomic mass is 10.00. The van der Waals surface area contributed by atoms with Gasteiger partial charge in [0.2, 0.25) is 0 Å². The lowest BCUT2D eigenvalue weighted by Gasteiger charge is -2.31. The number of benzene rings is 1. The van der Waals surface area contributed by atoms with Gasteiger partial charge in [0, 0.05) is 19.6 Å². The number of nitrogens with zero attached hydrogens (tertiary/aromatic N) is 2. The van der Waals surface area contributed by atoms with Crippen LogP contribution in [0.15, 0.2) is 23.2 Å². The number of piperidine rings is 1. The number of rotatable bonds is 5. The minimum Gasteiger partial charge on any atom is -0.497 e. The average Bonchev–Trinajstić information content (AvgIpc) is 2.55. The molecule has 1 aromatic rings. The fraction of sp³-hybridized carbons (Fsp3) is 0.588. The average molecular weight is 433 g/mol. The van der Waals surface area contributed by atoms with Crippen LogP contribution in [0.3, 0.4) is 0 Å². The van der Waals surface area contributed by atoms with Crippen LogP contribution in [-0.4, -0.2) is 44.7 Å². The highest BCUT2D eigenvalue weighted by atomic mass is 127. The van der Waals surface area contributed by atoms with Crippen LogP contribution in [0.4, 0.5) is 0 Å². The zero-order chi connectivity index (χ0) is 15.9. The molecular formula is C17H28IN3O2. The minimum absolute atomic E-state index is 0. The fourth-order valence-electron chi connectivity index (χ4n) is 2.71. The second kappa shape index (κ2) is 9.85. The molecule has 2 rings (SSSR count). The Morgan fingerprint density at radius 1 is 1.26 bits per heavy atom. The molecule has 1 aromatic carbocycles. The number of halogens is 1. The van der Waals surface area contributed by atoms with Crippen molar-refractivity contribution in [2.75, 3.05) is 33.9 Å². The first kappa shape index (κ1) is 19.9. The number of hydrogen-bond acceptors (Lipinski definition) is 3. The summed E-state index contributed by atoms with van der Waals surface area (Å²) in [6.07, 6.45) is 3.17. The van der Waals surface area contributed by atoms with Crippen LogP contribution in [0.2, 0.25) is 0 Å². The van der Waals surface area contributed by atoms with Crippen molar-refractivity contribution in [1.29, 1.82) is 0 Å². The Hall–Kier alpha value is -1.18. The van der Waals surface area contributed by atoms with Gasteiger partial charge in [0.25, 0.3) is 0 Å². The van der Waals surface area contributed by atoms with Crippen molar-refractivity contribution in [3.8, 4) is 11.5 Å². The van der Waals surface area contributed by atoms with E-state index < -0.39 is 0 Å². The number of guanidine groups is 1. The van der Waals surface area contributed by atoms with Gasteiger partial charge in [-0.1, -0.05) is 6.92 Å². The van der Waals surface area contributed by atoms with Gasteiger partial charge in [0.15, 0.2) is 5.96 Å². The number of hydrogen-bond donors (Lipinski definition) is 1. The minimum atomic E-state index is 0. The van der Waals surface area contributed by atoms with E-state index in [1.165, 1.54) is 12.8 Å². The summed E-state index contributed by atoms with van der Waals surface area (Å²) in [4.78, 5) is 6.71. The predicted molar refractivity (Wildman–Crippen MR) is 105 cm³/mol.